The highest BCUT2D eigenvalue weighted by Crippen LogP contribution is 2.48. The van der Waals surface area contributed by atoms with E-state index in [2.05, 4.69) is 55.5 Å². The van der Waals surface area contributed by atoms with Crippen molar-refractivity contribution in [3.63, 3.8) is 0 Å². The van der Waals surface area contributed by atoms with Crippen molar-refractivity contribution < 1.29 is 4.42 Å². The Balaban J connectivity index is 1.92. The highest BCUT2D eigenvalue weighted by atomic mass is 16.3. The summed E-state index contributed by atoms with van der Waals surface area (Å²) in [4.78, 5) is 0. The fourth-order valence-corrected chi connectivity index (χ4v) is 3.72. The zero-order chi connectivity index (χ0) is 12.8. The molecule has 0 spiro atoms. The second-order valence-corrected chi connectivity index (χ2v) is 5.80. The number of benzene rings is 1. The molecule has 2 aromatic rings. The molecule has 0 fully saturated rings. The third kappa shape index (κ3) is 1.68. The third-order valence-corrected chi connectivity index (χ3v) is 4.58. The van der Waals surface area contributed by atoms with Gasteiger partial charge in [0.25, 0.3) is 0 Å². The van der Waals surface area contributed by atoms with Crippen molar-refractivity contribution >= 4 is 0 Å². The number of furan rings is 1. The standard InChI is InChI=1S/C18H18O/c1-12-11-16-13-7-9-15(10-8-13)17(18(16)19-12)14-5-3-2-4-6-14/h2-7,9,11,13,15,17H,8,10H2,1H3/t13-,15-,17+/m0/s1. The molecule has 1 aromatic heterocycles. The Morgan fingerprint density at radius 3 is 2.63 bits per heavy atom. The zero-order valence-electron chi connectivity index (χ0n) is 11.2. The summed E-state index contributed by atoms with van der Waals surface area (Å²) in [6.07, 6.45) is 7.34. The van der Waals surface area contributed by atoms with Gasteiger partial charge >= 0.3 is 0 Å². The fourth-order valence-electron chi connectivity index (χ4n) is 3.72. The molecule has 0 saturated heterocycles. The summed E-state index contributed by atoms with van der Waals surface area (Å²) in [5.41, 5.74) is 2.80. The van der Waals surface area contributed by atoms with Gasteiger partial charge < -0.3 is 4.42 Å². The highest BCUT2D eigenvalue weighted by Gasteiger charge is 2.36. The molecule has 1 heteroatoms. The molecule has 2 bridgehead atoms. The average molecular weight is 250 g/mol. The zero-order valence-corrected chi connectivity index (χ0v) is 11.2. The number of hydrogen-bond acceptors (Lipinski definition) is 1. The van der Waals surface area contributed by atoms with Gasteiger partial charge in [-0.05, 0) is 37.3 Å². The number of rotatable bonds is 1. The summed E-state index contributed by atoms with van der Waals surface area (Å²) in [6, 6.07) is 13.1. The molecule has 5 rings (SSSR count). The van der Waals surface area contributed by atoms with Crippen LogP contribution in [0.3, 0.4) is 0 Å². The quantitative estimate of drug-likeness (QED) is 0.664. The van der Waals surface area contributed by atoms with E-state index in [0.29, 0.717) is 17.8 Å². The van der Waals surface area contributed by atoms with Gasteiger partial charge in [0.05, 0.1) is 0 Å². The SMILES string of the molecule is Cc1cc2c(o1)[C@H](c1ccccc1)[C@H]1C=C[C@H]2CC1. The first-order valence-corrected chi connectivity index (χ1v) is 7.16. The molecule has 96 valence electrons. The van der Waals surface area contributed by atoms with Gasteiger partial charge in [-0.3, -0.25) is 0 Å². The Morgan fingerprint density at radius 2 is 1.89 bits per heavy atom. The molecule has 0 N–H and O–H groups in total. The molecule has 1 nitrogen and oxygen atoms in total. The van der Waals surface area contributed by atoms with Gasteiger partial charge in [0.15, 0.2) is 0 Å². The summed E-state index contributed by atoms with van der Waals surface area (Å²) in [5, 5.41) is 0. The summed E-state index contributed by atoms with van der Waals surface area (Å²) in [5.74, 6) is 3.81. The molecule has 1 heterocycles. The van der Waals surface area contributed by atoms with E-state index in [-0.39, 0.29) is 0 Å². The van der Waals surface area contributed by atoms with Crippen molar-refractivity contribution in [1.29, 1.82) is 0 Å². The van der Waals surface area contributed by atoms with E-state index in [9.17, 15) is 0 Å². The van der Waals surface area contributed by atoms with Crippen molar-refractivity contribution in [1.82, 2.24) is 0 Å². The highest BCUT2D eigenvalue weighted by molar-refractivity contribution is 5.42. The lowest BCUT2D eigenvalue weighted by atomic mass is 9.81. The first-order valence-electron chi connectivity index (χ1n) is 7.16. The molecular weight excluding hydrogens is 232 g/mol. The van der Waals surface area contributed by atoms with Gasteiger partial charge in [-0.2, -0.15) is 0 Å². The van der Waals surface area contributed by atoms with Crippen LogP contribution in [0.1, 0.15) is 47.3 Å². The van der Waals surface area contributed by atoms with Gasteiger partial charge in [0.2, 0.25) is 0 Å². The van der Waals surface area contributed by atoms with E-state index in [1.165, 1.54) is 29.7 Å². The molecular formula is C18H18O. The summed E-state index contributed by atoms with van der Waals surface area (Å²) >= 11 is 0. The van der Waals surface area contributed by atoms with Crippen LogP contribution in [-0.4, -0.2) is 0 Å². The predicted molar refractivity (Wildman–Crippen MR) is 76.3 cm³/mol. The Labute approximate surface area is 114 Å². The van der Waals surface area contributed by atoms with Crippen molar-refractivity contribution in [3.8, 4) is 0 Å². The first-order chi connectivity index (χ1) is 9.33. The predicted octanol–water partition coefficient (Wildman–Crippen LogP) is 4.78. The summed E-state index contributed by atoms with van der Waals surface area (Å²) < 4.78 is 6.09. The number of allylic oxidation sites excluding steroid dienone is 2. The van der Waals surface area contributed by atoms with Gasteiger partial charge in [-0.1, -0.05) is 42.5 Å². The lowest BCUT2D eigenvalue weighted by Gasteiger charge is -2.23. The maximum Gasteiger partial charge on any atom is 0.115 e. The van der Waals surface area contributed by atoms with Crippen LogP contribution in [0.15, 0.2) is 53.0 Å². The van der Waals surface area contributed by atoms with Crippen LogP contribution in [0.2, 0.25) is 0 Å². The third-order valence-electron chi connectivity index (χ3n) is 4.58. The van der Waals surface area contributed by atoms with Crippen LogP contribution >= 0.6 is 0 Å². The molecule has 0 amide bonds. The second kappa shape index (κ2) is 4.12. The first kappa shape index (κ1) is 11.1. The Kier molecular flexibility index (Phi) is 2.41. The van der Waals surface area contributed by atoms with E-state index in [1.54, 1.807) is 0 Å². The maximum atomic E-state index is 6.09. The van der Waals surface area contributed by atoms with Gasteiger partial charge in [0, 0.05) is 17.4 Å². The number of hydrogen-bond donors (Lipinski definition) is 0. The summed E-state index contributed by atoms with van der Waals surface area (Å²) in [6.45, 7) is 2.06. The van der Waals surface area contributed by atoms with Crippen LogP contribution in [0.4, 0.5) is 0 Å². The number of fused-ring (bicyclic) bond motifs is 1. The van der Waals surface area contributed by atoms with Gasteiger partial charge in [-0.25, -0.2) is 0 Å². The molecule has 0 radical (unpaired) electrons. The van der Waals surface area contributed by atoms with Crippen LogP contribution in [0, 0.1) is 12.8 Å². The van der Waals surface area contributed by atoms with Gasteiger partial charge in [0.1, 0.15) is 11.5 Å². The van der Waals surface area contributed by atoms with Gasteiger partial charge in [-0.15, -0.1) is 0 Å². The molecule has 19 heavy (non-hydrogen) atoms. The average Bonchev–Trinajstić information content (AvgIpc) is 2.71. The van der Waals surface area contributed by atoms with E-state index in [0.717, 1.165) is 5.76 Å². The second-order valence-electron chi connectivity index (χ2n) is 5.80. The number of aryl methyl sites for hydroxylation is 1. The molecule has 0 saturated carbocycles. The smallest absolute Gasteiger partial charge is 0.115 e. The molecule has 3 aliphatic rings. The van der Waals surface area contributed by atoms with E-state index >= 15 is 0 Å². The molecule has 0 aliphatic heterocycles. The lowest BCUT2D eigenvalue weighted by Crippen LogP contribution is -2.12. The van der Waals surface area contributed by atoms with Crippen LogP contribution in [0.5, 0.6) is 0 Å². The van der Waals surface area contributed by atoms with Crippen molar-refractivity contribution in [2.75, 3.05) is 0 Å². The van der Waals surface area contributed by atoms with Crippen molar-refractivity contribution in [2.24, 2.45) is 5.92 Å². The van der Waals surface area contributed by atoms with Crippen molar-refractivity contribution in [2.45, 2.75) is 31.6 Å². The normalized spacial score (nSPS) is 28.2. The fraction of sp³-hybridized carbons (Fsp3) is 0.333. The monoisotopic (exact) mass is 250 g/mol. The van der Waals surface area contributed by atoms with E-state index in [4.69, 9.17) is 4.42 Å². The molecule has 3 aliphatic carbocycles. The molecule has 1 aromatic carbocycles. The largest absolute Gasteiger partial charge is 0.465 e. The maximum absolute atomic E-state index is 6.09. The molecule has 3 atom stereocenters. The Bertz CT molecular complexity index is 620. The van der Waals surface area contributed by atoms with Crippen LogP contribution in [-0.2, 0) is 0 Å². The Hall–Kier alpha value is -1.76. The minimum absolute atomic E-state index is 0.397. The Morgan fingerprint density at radius 1 is 1.05 bits per heavy atom. The topological polar surface area (TPSA) is 13.1 Å². The van der Waals surface area contributed by atoms with Crippen LogP contribution in [0.25, 0.3) is 0 Å². The van der Waals surface area contributed by atoms with E-state index < -0.39 is 0 Å². The van der Waals surface area contributed by atoms with E-state index in [1.807, 2.05) is 0 Å². The molecule has 0 unspecified atom stereocenters. The van der Waals surface area contributed by atoms with Crippen LogP contribution < -0.4 is 0 Å². The van der Waals surface area contributed by atoms with Crippen molar-refractivity contribution in [3.05, 3.63) is 71.2 Å². The minimum atomic E-state index is 0.397. The minimum Gasteiger partial charge on any atom is -0.465 e. The lowest BCUT2D eigenvalue weighted by molar-refractivity contribution is 0.411. The summed E-state index contributed by atoms with van der Waals surface area (Å²) in [7, 11) is 0.